The molecule has 2 aliphatic rings. The number of hydrogen-bond acceptors (Lipinski definition) is 8. The van der Waals surface area contributed by atoms with Gasteiger partial charge in [0.2, 0.25) is 11.8 Å². The van der Waals surface area contributed by atoms with E-state index in [1.165, 1.54) is 4.90 Å². The third-order valence-corrected chi connectivity index (χ3v) is 10.4. The zero-order valence-electron chi connectivity index (χ0n) is 32.6. The Labute approximate surface area is 328 Å². The predicted molar refractivity (Wildman–Crippen MR) is 220 cm³/mol. The van der Waals surface area contributed by atoms with Gasteiger partial charge in [0.25, 0.3) is 11.8 Å². The first-order valence-electron chi connectivity index (χ1n) is 19.4. The van der Waals surface area contributed by atoms with E-state index < -0.39 is 42.0 Å². The molecule has 4 amide bonds. The molecule has 294 valence electrons. The van der Waals surface area contributed by atoms with E-state index in [-0.39, 0.29) is 24.9 Å². The first-order valence-corrected chi connectivity index (χ1v) is 19.4. The zero-order chi connectivity index (χ0) is 39.9. The molecule has 0 bridgehead atoms. The van der Waals surface area contributed by atoms with E-state index in [1.807, 2.05) is 80.3 Å². The van der Waals surface area contributed by atoms with E-state index in [2.05, 4.69) is 27.7 Å². The van der Waals surface area contributed by atoms with Gasteiger partial charge in [-0.15, -0.1) is 0 Å². The minimum absolute atomic E-state index is 0.00425. The fraction of sp³-hybridized carbons (Fsp3) is 0.364. The number of amides is 4. The summed E-state index contributed by atoms with van der Waals surface area (Å²) in [5, 5.41) is 19.5. The van der Waals surface area contributed by atoms with Crippen LogP contribution in [0.1, 0.15) is 49.5 Å². The molecule has 4 aromatic rings. The van der Waals surface area contributed by atoms with Crippen molar-refractivity contribution in [2.45, 2.75) is 64.8 Å². The molecule has 5 N–H and O–H groups in total. The van der Waals surface area contributed by atoms with Gasteiger partial charge in [-0.2, -0.15) is 0 Å². The fourth-order valence-corrected chi connectivity index (χ4v) is 7.44. The third kappa shape index (κ3) is 9.38. The average Bonchev–Trinajstić information content (AvgIpc) is 3.62. The average molecular weight is 760 g/mol. The summed E-state index contributed by atoms with van der Waals surface area (Å²) in [6, 6.07) is 27.8. The van der Waals surface area contributed by atoms with Crippen molar-refractivity contribution in [3.63, 3.8) is 0 Å². The Bertz CT molecular complexity index is 2060. The maximum atomic E-state index is 14.5. The molecule has 2 heterocycles. The summed E-state index contributed by atoms with van der Waals surface area (Å²) in [5.74, 6) is -1.75. The number of nitrogens with two attached hydrogens (primary N) is 1. The van der Waals surface area contributed by atoms with Crippen molar-refractivity contribution in [1.29, 1.82) is 0 Å². The molecule has 4 aromatic carbocycles. The minimum atomic E-state index is -1.51. The van der Waals surface area contributed by atoms with Gasteiger partial charge in [0.05, 0.1) is 17.8 Å². The number of aliphatic hydroxyl groups excluding tert-OH is 1. The van der Waals surface area contributed by atoms with Gasteiger partial charge in [0.15, 0.2) is 6.10 Å². The predicted octanol–water partition coefficient (Wildman–Crippen LogP) is 4.37. The molecular formula is C44H53N7O5. The van der Waals surface area contributed by atoms with Crippen LogP contribution in [0.25, 0.3) is 10.8 Å². The molecule has 2 aliphatic heterocycles. The van der Waals surface area contributed by atoms with Gasteiger partial charge in [0.1, 0.15) is 12.7 Å². The molecule has 1 saturated heterocycles. The van der Waals surface area contributed by atoms with Crippen molar-refractivity contribution < 1.29 is 24.3 Å². The van der Waals surface area contributed by atoms with Gasteiger partial charge in [-0.3, -0.25) is 24.1 Å². The number of benzene rings is 4. The van der Waals surface area contributed by atoms with Gasteiger partial charge in [-0.25, -0.2) is 0 Å². The van der Waals surface area contributed by atoms with E-state index >= 15 is 0 Å². The molecule has 0 aliphatic carbocycles. The first kappa shape index (κ1) is 40.0. The number of nitrogens with one attached hydrogen (secondary N) is 2. The van der Waals surface area contributed by atoms with Crippen molar-refractivity contribution in [3.05, 3.63) is 120 Å². The Kier molecular flexibility index (Phi) is 12.7. The SMILES string of the molecule is Cc1cccc(N2CCN(C(=O)[C@@H](O)[C@H](CC(C)C)NC(=O)[C@H](CC3=CN(C(=O)[C@H](C)N)CN3c3cccc4ccccc34)NC(=O)c3ccccc3)CC2)c1. The van der Waals surface area contributed by atoms with Crippen LogP contribution in [0.4, 0.5) is 11.4 Å². The molecule has 12 nitrogen and oxygen atoms in total. The van der Waals surface area contributed by atoms with Crippen LogP contribution in [0.2, 0.25) is 0 Å². The lowest BCUT2D eigenvalue weighted by atomic mass is 9.97. The highest BCUT2D eigenvalue weighted by Gasteiger charge is 2.37. The molecule has 12 heteroatoms. The van der Waals surface area contributed by atoms with E-state index in [0.29, 0.717) is 43.9 Å². The maximum absolute atomic E-state index is 14.5. The Morgan fingerprint density at radius 1 is 0.804 bits per heavy atom. The van der Waals surface area contributed by atoms with E-state index in [0.717, 1.165) is 27.7 Å². The van der Waals surface area contributed by atoms with E-state index in [9.17, 15) is 24.3 Å². The normalized spacial score (nSPS) is 16.7. The van der Waals surface area contributed by atoms with Crippen LogP contribution in [0.15, 0.2) is 109 Å². The molecule has 56 heavy (non-hydrogen) atoms. The fourth-order valence-electron chi connectivity index (χ4n) is 7.44. The lowest BCUT2D eigenvalue weighted by Crippen LogP contribution is -2.58. The summed E-state index contributed by atoms with van der Waals surface area (Å²) in [7, 11) is 0. The van der Waals surface area contributed by atoms with Crippen LogP contribution in [-0.4, -0.2) is 95.6 Å². The van der Waals surface area contributed by atoms with E-state index in [4.69, 9.17) is 5.73 Å². The van der Waals surface area contributed by atoms with Crippen molar-refractivity contribution in [3.8, 4) is 0 Å². The topological polar surface area (TPSA) is 152 Å². The molecule has 1 fully saturated rings. The Balaban J connectivity index is 1.26. The second kappa shape index (κ2) is 17.8. The zero-order valence-corrected chi connectivity index (χ0v) is 32.6. The number of rotatable bonds is 13. The lowest BCUT2D eigenvalue weighted by Gasteiger charge is -2.38. The first-order chi connectivity index (χ1) is 26.9. The molecule has 0 saturated carbocycles. The second-order valence-electron chi connectivity index (χ2n) is 15.2. The summed E-state index contributed by atoms with van der Waals surface area (Å²) >= 11 is 0. The molecular weight excluding hydrogens is 707 g/mol. The van der Waals surface area contributed by atoms with Gasteiger partial charge in [0, 0.05) is 61.1 Å². The standard InChI is InChI=1S/C44H53N7O5/c1-29(2)24-37(40(52)44(56)49-22-20-48(21-23-49)34-17-10-12-30(3)25-34)46-42(54)38(47-41(53)33-14-6-5-7-15-33)26-35-27-50(43(55)31(4)45)28-51(35)39-19-11-16-32-13-8-9-18-36(32)39/h5-19,25,27,29,31,37-38,40,52H,20-24,26,28,45H2,1-4H3,(H,46,54)(H,47,53)/t31-,37-,38-,40-/m0/s1. The van der Waals surface area contributed by atoms with Crippen LogP contribution in [0.5, 0.6) is 0 Å². The summed E-state index contributed by atoms with van der Waals surface area (Å²) in [6.07, 6.45) is 0.496. The van der Waals surface area contributed by atoms with E-state index in [1.54, 1.807) is 48.4 Å². The molecule has 4 atom stereocenters. The number of carbonyl (C=O) groups is 4. The quantitative estimate of drug-likeness (QED) is 0.157. The van der Waals surface area contributed by atoms with Crippen LogP contribution >= 0.6 is 0 Å². The Hall–Kier alpha value is -5.72. The molecule has 0 spiro atoms. The summed E-state index contributed by atoms with van der Waals surface area (Å²) in [6.45, 7) is 9.83. The summed E-state index contributed by atoms with van der Waals surface area (Å²) < 4.78 is 0. The number of hydrogen-bond donors (Lipinski definition) is 4. The molecule has 0 aromatic heterocycles. The Morgan fingerprint density at radius 2 is 1.48 bits per heavy atom. The Morgan fingerprint density at radius 3 is 2.18 bits per heavy atom. The van der Waals surface area contributed by atoms with Crippen LogP contribution in [0.3, 0.4) is 0 Å². The highest BCUT2D eigenvalue weighted by molar-refractivity contribution is 5.98. The van der Waals surface area contributed by atoms with Crippen molar-refractivity contribution in [2.24, 2.45) is 11.7 Å². The monoisotopic (exact) mass is 759 g/mol. The minimum Gasteiger partial charge on any atom is -0.381 e. The summed E-state index contributed by atoms with van der Waals surface area (Å²) in [4.78, 5) is 62.6. The highest BCUT2D eigenvalue weighted by atomic mass is 16.3. The highest BCUT2D eigenvalue weighted by Crippen LogP contribution is 2.34. The number of piperazine rings is 1. The molecule has 0 unspecified atom stereocenters. The lowest BCUT2D eigenvalue weighted by molar-refractivity contribution is -0.143. The van der Waals surface area contributed by atoms with Gasteiger partial charge in [-0.1, -0.05) is 80.6 Å². The third-order valence-electron chi connectivity index (χ3n) is 10.4. The smallest absolute Gasteiger partial charge is 0.253 e. The van der Waals surface area contributed by atoms with Crippen molar-refractivity contribution in [1.82, 2.24) is 20.4 Å². The number of carbonyl (C=O) groups excluding carboxylic acids is 4. The number of nitrogens with zero attached hydrogens (tertiary/aromatic N) is 4. The van der Waals surface area contributed by atoms with Crippen molar-refractivity contribution in [2.75, 3.05) is 42.6 Å². The van der Waals surface area contributed by atoms with Crippen LogP contribution in [-0.2, 0) is 14.4 Å². The second-order valence-corrected chi connectivity index (χ2v) is 15.2. The van der Waals surface area contributed by atoms with Crippen LogP contribution < -0.4 is 26.2 Å². The summed E-state index contributed by atoms with van der Waals surface area (Å²) in [5.41, 5.74) is 10.1. The van der Waals surface area contributed by atoms with Crippen LogP contribution in [0, 0.1) is 12.8 Å². The number of aryl methyl sites for hydroxylation is 1. The maximum Gasteiger partial charge on any atom is 0.253 e. The number of aliphatic hydroxyl groups is 1. The van der Waals surface area contributed by atoms with Crippen molar-refractivity contribution >= 4 is 45.8 Å². The number of fused-ring (bicyclic) bond motifs is 1. The van der Waals surface area contributed by atoms with Gasteiger partial charge in [-0.05, 0) is 67.5 Å². The largest absolute Gasteiger partial charge is 0.381 e. The van der Waals surface area contributed by atoms with Gasteiger partial charge >= 0.3 is 0 Å². The van der Waals surface area contributed by atoms with Gasteiger partial charge < -0.3 is 36.2 Å². The number of anilines is 2. The molecule has 0 radical (unpaired) electrons. The molecule has 6 rings (SSSR count).